The molecule has 1 amide bonds. The van der Waals surface area contributed by atoms with Gasteiger partial charge in [-0.1, -0.05) is 32.0 Å². The molecule has 1 aromatic heterocycles. The number of para-hydroxylation sites is 1. The Labute approximate surface area is 159 Å². The number of fused-ring (bicyclic) bond motifs is 1. The minimum atomic E-state index is -0.0962. The molecule has 138 valence electrons. The van der Waals surface area contributed by atoms with Gasteiger partial charge in [0.05, 0.1) is 6.04 Å². The molecule has 3 rings (SSSR count). The number of carbonyl (C=O) groups excluding carboxylic acids is 1. The van der Waals surface area contributed by atoms with Crippen molar-refractivity contribution < 1.29 is 9.21 Å². The Hall–Kier alpha value is -1.17. The van der Waals surface area contributed by atoms with E-state index in [4.69, 9.17) is 4.42 Å². The summed E-state index contributed by atoms with van der Waals surface area (Å²) in [5.74, 6) is 3.37. The van der Waals surface area contributed by atoms with Gasteiger partial charge in [0.15, 0.2) is 0 Å². The third-order valence-electron chi connectivity index (χ3n) is 4.58. The van der Waals surface area contributed by atoms with E-state index in [0.29, 0.717) is 6.42 Å². The van der Waals surface area contributed by atoms with Gasteiger partial charge in [0.1, 0.15) is 11.3 Å². The molecule has 2 unspecified atom stereocenters. The molecule has 0 aliphatic carbocycles. The fourth-order valence-corrected chi connectivity index (χ4v) is 4.18. The lowest BCUT2D eigenvalue weighted by Gasteiger charge is -2.25. The van der Waals surface area contributed by atoms with Crippen molar-refractivity contribution in [1.29, 1.82) is 0 Å². The summed E-state index contributed by atoms with van der Waals surface area (Å²) >= 11 is 1.91. The van der Waals surface area contributed by atoms with Crippen molar-refractivity contribution in [3.63, 3.8) is 0 Å². The Balaban J connectivity index is 0.00000225. The maximum absolute atomic E-state index is 12.5. The number of amides is 1. The average Bonchev–Trinajstić information content (AvgIpc) is 2.90. The van der Waals surface area contributed by atoms with Crippen molar-refractivity contribution in [2.45, 2.75) is 39.3 Å². The lowest BCUT2D eigenvalue weighted by molar-refractivity contribution is -0.122. The van der Waals surface area contributed by atoms with Crippen LogP contribution in [0.25, 0.3) is 11.0 Å². The smallest absolute Gasteiger partial charge is 0.222 e. The monoisotopic (exact) mass is 382 g/mol. The molecule has 1 aliphatic rings. The van der Waals surface area contributed by atoms with E-state index in [2.05, 4.69) is 37.5 Å². The molecule has 1 aliphatic heterocycles. The fraction of sp³-hybridized carbons (Fsp3) is 0.526. The molecule has 0 radical (unpaired) electrons. The van der Waals surface area contributed by atoms with E-state index in [0.717, 1.165) is 40.3 Å². The van der Waals surface area contributed by atoms with Gasteiger partial charge in [-0.05, 0) is 18.9 Å². The van der Waals surface area contributed by atoms with Crippen LogP contribution in [0.3, 0.4) is 0 Å². The second-order valence-corrected chi connectivity index (χ2v) is 7.96. The van der Waals surface area contributed by atoms with Crippen LogP contribution in [0.2, 0.25) is 0 Å². The van der Waals surface area contributed by atoms with E-state index in [1.54, 1.807) is 0 Å². The van der Waals surface area contributed by atoms with Crippen molar-refractivity contribution in [1.82, 2.24) is 10.6 Å². The minimum absolute atomic E-state index is 0. The topological polar surface area (TPSA) is 54.3 Å². The zero-order valence-corrected chi connectivity index (χ0v) is 16.6. The minimum Gasteiger partial charge on any atom is -0.459 e. The summed E-state index contributed by atoms with van der Waals surface area (Å²) in [7, 11) is 0. The molecule has 2 atom stereocenters. The number of hydrogen-bond donors (Lipinski definition) is 2. The maximum atomic E-state index is 12.5. The predicted octanol–water partition coefficient (Wildman–Crippen LogP) is 4.07. The van der Waals surface area contributed by atoms with Crippen LogP contribution in [0.4, 0.5) is 0 Å². The first-order chi connectivity index (χ1) is 11.6. The zero-order chi connectivity index (χ0) is 17.1. The van der Waals surface area contributed by atoms with Gasteiger partial charge in [0.25, 0.3) is 0 Å². The number of halogens is 1. The summed E-state index contributed by atoms with van der Waals surface area (Å²) in [5.41, 5.74) is 2.01. The number of benzene rings is 1. The summed E-state index contributed by atoms with van der Waals surface area (Å²) in [5, 5.41) is 7.74. The Morgan fingerprint density at radius 2 is 2.16 bits per heavy atom. The number of rotatable bonds is 5. The van der Waals surface area contributed by atoms with Gasteiger partial charge < -0.3 is 15.1 Å². The first kappa shape index (κ1) is 20.1. The third-order valence-corrected chi connectivity index (χ3v) is 5.71. The third kappa shape index (κ3) is 4.72. The predicted molar refractivity (Wildman–Crippen MR) is 108 cm³/mol. The number of hydrogen-bond acceptors (Lipinski definition) is 4. The zero-order valence-electron chi connectivity index (χ0n) is 15.0. The van der Waals surface area contributed by atoms with E-state index in [9.17, 15) is 4.79 Å². The fourth-order valence-electron chi connectivity index (χ4n) is 3.23. The van der Waals surface area contributed by atoms with Crippen molar-refractivity contribution >= 4 is 41.0 Å². The first-order valence-electron chi connectivity index (χ1n) is 8.64. The van der Waals surface area contributed by atoms with Crippen molar-refractivity contribution in [2.24, 2.45) is 5.92 Å². The average molecular weight is 383 g/mol. The highest BCUT2D eigenvalue weighted by Gasteiger charge is 2.26. The van der Waals surface area contributed by atoms with Gasteiger partial charge in [0.2, 0.25) is 5.91 Å². The Kier molecular flexibility index (Phi) is 7.23. The van der Waals surface area contributed by atoms with Crippen molar-refractivity contribution in [3.05, 3.63) is 35.6 Å². The van der Waals surface area contributed by atoms with Crippen LogP contribution in [0, 0.1) is 12.8 Å². The molecule has 2 N–H and O–H groups in total. The van der Waals surface area contributed by atoms with Crippen LogP contribution < -0.4 is 10.6 Å². The van der Waals surface area contributed by atoms with E-state index >= 15 is 0 Å². The highest BCUT2D eigenvalue weighted by molar-refractivity contribution is 7.99. The maximum Gasteiger partial charge on any atom is 0.222 e. The standard InChI is InChI=1S/C19H26N2O2S.ClH/c1-12(2)18(21-17(22)10-14-11-24-9-8-20-14)19-13(3)15-6-4-5-7-16(15)23-19;/h4-7,12,14,18,20H,8-11H2,1-3H3,(H,21,22);1H. The first-order valence-corrected chi connectivity index (χ1v) is 9.80. The summed E-state index contributed by atoms with van der Waals surface area (Å²) in [6.45, 7) is 7.29. The van der Waals surface area contributed by atoms with Gasteiger partial charge in [-0.2, -0.15) is 11.8 Å². The van der Waals surface area contributed by atoms with Gasteiger partial charge in [-0.15, -0.1) is 12.4 Å². The van der Waals surface area contributed by atoms with Crippen LogP contribution in [0.1, 0.15) is 37.6 Å². The molecule has 0 saturated carbocycles. The molecular weight excluding hydrogens is 356 g/mol. The second-order valence-electron chi connectivity index (χ2n) is 6.81. The SMILES string of the molecule is Cc1c(C(NC(=O)CC2CSCCN2)C(C)C)oc2ccccc12.Cl. The van der Waals surface area contributed by atoms with Gasteiger partial charge in [-0.25, -0.2) is 0 Å². The van der Waals surface area contributed by atoms with Crippen LogP contribution in [0.5, 0.6) is 0 Å². The number of thioether (sulfide) groups is 1. The van der Waals surface area contributed by atoms with E-state index in [-0.39, 0.29) is 36.3 Å². The quantitative estimate of drug-likeness (QED) is 0.818. The highest BCUT2D eigenvalue weighted by atomic mass is 35.5. The van der Waals surface area contributed by atoms with Crippen LogP contribution in [0.15, 0.2) is 28.7 Å². The van der Waals surface area contributed by atoms with E-state index in [1.807, 2.05) is 30.0 Å². The molecule has 2 heterocycles. The highest BCUT2D eigenvalue weighted by Crippen LogP contribution is 2.32. The van der Waals surface area contributed by atoms with Crippen LogP contribution in [-0.2, 0) is 4.79 Å². The van der Waals surface area contributed by atoms with Crippen molar-refractivity contribution in [2.75, 3.05) is 18.1 Å². The lowest BCUT2D eigenvalue weighted by atomic mass is 9.98. The number of aryl methyl sites for hydroxylation is 1. The largest absolute Gasteiger partial charge is 0.459 e. The summed E-state index contributed by atoms with van der Waals surface area (Å²) in [6.07, 6.45) is 0.523. The summed E-state index contributed by atoms with van der Waals surface area (Å²) in [6, 6.07) is 8.22. The van der Waals surface area contributed by atoms with E-state index in [1.165, 1.54) is 0 Å². The molecule has 1 saturated heterocycles. The second kappa shape index (κ2) is 8.97. The van der Waals surface area contributed by atoms with Crippen molar-refractivity contribution in [3.8, 4) is 0 Å². The molecule has 6 heteroatoms. The Bertz CT molecular complexity index is 711. The number of furan rings is 1. The van der Waals surface area contributed by atoms with Crippen LogP contribution in [-0.4, -0.2) is 30.0 Å². The molecule has 0 spiro atoms. The molecule has 25 heavy (non-hydrogen) atoms. The molecule has 1 fully saturated rings. The Morgan fingerprint density at radius 1 is 1.40 bits per heavy atom. The molecule has 2 aromatic rings. The van der Waals surface area contributed by atoms with Gasteiger partial charge in [-0.3, -0.25) is 4.79 Å². The molecule has 4 nitrogen and oxygen atoms in total. The number of carbonyl (C=O) groups is 1. The molecule has 0 bridgehead atoms. The summed E-state index contributed by atoms with van der Waals surface area (Å²) < 4.78 is 6.08. The Morgan fingerprint density at radius 3 is 2.80 bits per heavy atom. The lowest BCUT2D eigenvalue weighted by Crippen LogP contribution is -2.42. The number of nitrogens with one attached hydrogen (secondary N) is 2. The van der Waals surface area contributed by atoms with Crippen LogP contribution >= 0.6 is 24.2 Å². The summed E-state index contributed by atoms with van der Waals surface area (Å²) in [4.78, 5) is 12.5. The van der Waals surface area contributed by atoms with Gasteiger partial charge in [0, 0.05) is 41.5 Å². The molecular formula is C19H27ClN2O2S. The van der Waals surface area contributed by atoms with Gasteiger partial charge >= 0.3 is 0 Å². The molecule has 1 aromatic carbocycles. The normalized spacial score (nSPS) is 18.8. The van der Waals surface area contributed by atoms with E-state index < -0.39 is 0 Å².